The van der Waals surface area contributed by atoms with Crippen LogP contribution in [0.2, 0.25) is 0 Å². The summed E-state index contributed by atoms with van der Waals surface area (Å²) in [6.45, 7) is 4.51. The van der Waals surface area contributed by atoms with Gasteiger partial charge >= 0.3 is 11.9 Å². The number of aliphatic carboxylic acids is 1. The molecule has 1 N–H and O–H groups in total. The minimum absolute atomic E-state index is 0.0699. The van der Waals surface area contributed by atoms with E-state index >= 15 is 0 Å². The summed E-state index contributed by atoms with van der Waals surface area (Å²) in [6.07, 6.45) is 46.0. The Balaban J connectivity index is 4.13. The molecular formula is C40H72O4. The number of hydrogen-bond acceptors (Lipinski definition) is 3. The van der Waals surface area contributed by atoms with E-state index in [0.717, 1.165) is 64.2 Å². The van der Waals surface area contributed by atoms with Crippen molar-refractivity contribution in [3.63, 3.8) is 0 Å². The van der Waals surface area contributed by atoms with Crippen LogP contribution in [0.4, 0.5) is 0 Å². The Bertz CT molecular complexity index is 708. The lowest BCUT2D eigenvalue weighted by molar-refractivity contribution is -0.147. The molecule has 0 rings (SSSR count). The second-order valence-corrected chi connectivity index (χ2v) is 12.8. The normalized spacial score (nSPS) is 12.6. The highest BCUT2D eigenvalue weighted by atomic mass is 16.5. The Morgan fingerprint density at radius 2 is 0.955 bits per heavy atom. The predicted octanol–water partition coefficient (Wildman–Crippen LogP) is 13.0. The van der Waals surface area contributed by atoms with Crippen LogP contribution in [0.25, 0.3) is 0 Å². The van der Waals surface area contributed by atoms with Gasteiger partial charge in [-0.2, -0.15) is 0 Å². The highest BCUT2D eigenvalue weighted by molar-refractivity contribution is 5.69. The number of esters is 1. The fourth-order valence-electron chi connectivity index (χ4n) is 5.52. The molecule has 0 bridgehead atoms. The Morgan fingerprint density at radius 1 is 0.523 bits per heavy atom. The van der Waals surface area contributed by atoms with Gasteiger partial charge in [0, 0.05) is 12.8 Å². The number of carbonyl (C=O) groups is 2. The van der Waals surface area contributed by atoms with Gasteiger partial charge in [0.25, 0.3) is 0 Å². The van der Waals surface area contributed by atoms with Crippen molar-refractivity contribution in [3.8, 4) is 0 Å². The van der Waals surface area contributed by atoms with E-state index in [4.69, 9.17) is 9.84 Å². The maximum Gasteiger partial charge on any atom is 0.306 e. The summed E-state index contributed by atoms with van der Waals surface area (Å²) in [5.41, 5.74) is 0. The molecule has 256 valence electrons. The van der Waals surface area contributed by atoms with Crippen molar-refractivity contribution >= 4 is 11.9 Å². The van der Waals surface area contributed by atoms with Crippen molar-refractivity contribution in [2.24, 2.45) is 0 Å². The van der Waals surface area contributed by atoms with Gasteiger partial charge in [0.05, 0.1) is 0 Å². The van der Waals surface area contributed by atoms with E-state index in [0.29, 0.717) is 6.42 Å². The molecular weight excluding hydrogens is 544 g/mol. The van der Waals surface area contributed by atoms with Crippen molar-refractivity contribution in [3.05, 3.63) is 36.5 Å². The minimum Gasteiger partial charge on any atom is -0.481 e. The van der Waals surface area contributed by atoms with Crippen LogP contribution in [0.1, 0.15) is 200 Å². The highest BCUT2D eigenvalue weighted by Gasteiger charge is 2.11. The van der Waals surface area contributed by atoms with E-state index < -0.39 is 5.97 Å². The fourth-order valence-corrected chi connectivity index (χ4v) is 5.52. The number of unbranched alkanes of at least 4 members (excludes halogenated alkanes) is 21. The largest absolute Gasteiger partial charge is 0.481 e. The Kier molecular flexibility index (Phi) is 34.1. The molecule has 0 aliphatic heterocycles. The zero-order valence-electron chi connectivity index (χ0n) is 29.2. The zero-order valence-corrected chi connectivity index (χ0v) is 29.2. The molecule has 0 aromatic rings. The van der Waals surface area contributed by atoms with Crippen LogP contribution in [-0.2, 0) is 14.3 Å². The number of allylic oxidation sites excluding steroid dienone is 5. The van der Waals surface area contributed by atoms with E-state index in [1.165, 1.54) is 109 Å². The van der Waals surface area contributed by atoms with Gasteiger partial charge in [-0.15, -0.1) is 0 Å². The summed E-state index contributed by atoms with van der Waals surface area (Å²) in [4.78, 5) is 23.3. The van der Waals surface area contributed by atoms with Gasteiger partial charge in [-0.1, -0.05) is 166 Å². The molecule has 0 heterocycles. The number of rotatable bonds is 34. The van der Waals surface area contributed by atoms with E-state index in [-0.39, 0.29) is 18.5 Å². The van der Waals surface area contributed by atoms with E-state index in [9.17, 15) is 9.59 Å². The third-order valence-corrected chi connectivity index (χ3v) is 8.35. The quantitative estimate of drug-likeness (QED) is 0.0444. The average Bonchev–Trinajstić information content (AvgIpc) is 3.00. The van der Waals surface area contributed by atoms with Gasteiger partial charge in [0.2, 0.25) is 0 Å². The van der Waals surface area contributed by atoms with Gasteiger partial charge in [-0.05, 0) is 57.4 Å². The minimum atomic E-state index is -0.715. The topological polar surface area (TPSA) is 63.6 Å². The van der Waals surface area contributed by atoms with Crippen molar-refractivity contribution in [2.75, 3.05) is 0 Å². The molecule has 1 atom stereocenters. The Labute approximate surface area is 273 Å². The van der Waals surface area contributed by atoms with Gasteiger partial charge < -0.3 is 9.84 Å². The standard InChI is InChI=1S/C40H72O4/c1-3-5-7-9-11-13-15-16-17-18-20-22-24-29-33-37-40(43)44-38(35-31-27-25-28-32-36-39(41)42)34-30-26-23-21-19-14-12-10-8-6-4-2/h12,14,21,23,30,34,38H,3-11,13,15-20,22,24-29,31-33,35-37H2,1-2H3,(H,41,42)/b14-12-,23-21-,34-30-. The molecule has 0 aliphatic rings. The molecule has 0 saturated carbocycles. The van der Waals surface area contributed by atoms with E-state index in [2.05, 4.69) is 50.3 Å². The summed E-state index contributed by atoms with van der Waals surface area (Å²) in [6, 6.07) is 0. The molecule has 1 unspecified atom stereocenters. The van der Waals surface area contributed by atoms with Crippen LogP contribution >= 0.6 is 0 Å². The summed E-state index contributed by atoms with van der Waals surface area (Å²) >= 11 is 0. The van der Waals surface area contributed by atoms with E-state index in [1.807, 2.05) is 0 Å². The number of ether oxygens (including phenoxy) is 1. The SMILES string of the molecule is CCCCC/C=C\C/C=C\C/C=C\C(CCCCCCCC(=O)O)OC(=O)CCCCCCCCCCCCCCCCC. The van der Waals surface area contributed by atoms with Gasteiger partial charge in [0.15, 0.2) is 0 Å². The first kappa shape index (κ1) is 42.2. The molecule has 4 nitrogen and oxygen atoms in total. The first-order chi connectivity index (χ1) is 21.6. The lowest BCUT2D eigenvalue weighted by atomic mass is 10.0. The molecule has 0 spiro atoms. The second-order valence-electron chi connectivity index (χ2n) is 12.8. The third kappa shape index (κ3) is 34.6. The molecule has 0 amide bonds. The number of carboxylic acids is 1. The van der Waals surface area contributed by atoms with Crippen LogP contribution in [0.3, 0.4) is 0 Å². The molecule has 44 heavy (non-hydrogen) atoms. The van der Waals surface area contributed by atoms with Gasteiger partial charge in [-0.25, -0.2) is 0 Å². The molecule has 0 aliphatic carbocycles. The lowest BCUT2D eigenvalue weighted by Gasteiger charge is -2.14. The van der Waals surface area contributed by atoms with Crippen LogP contribution in [-0.4, -0.2) is 23.1 Å². The van der Waals surface area contributed by atoms with Crippen LogP contribution in [0, 0.1) is 0 Å². The van der Waals surface area contributed by atoms with Crippen molar-refractivity contribution < 1.29 is 19.4 Å². The summed E-state index contributed by atoms with van der Waals surface area (Å²) in [5, 5.41) is 8.79. The van der Waals surface area contributed by atoms with E-state index in [1.54, 1.807) is 0 Å². The molecule has 0 saturated heterocycles. The van der Waals surface area contributed by atoms with Crippen LogP contribution in [0.15, 0.2) is 36.5 Å². The lowest BCUT2D eigenvalue weighted by Crippen LogP contribution is -2.16. The Hall–Kier alpha value is -1.84. The van der Waals surface area contributed by atoms with Gasteiger partial charge in [-0.3, -0.25) is 9.59 Å². The number of carbonyl (C=O) groups excluding carboxylic acids is 1. The first-order valence-electron chi connectivity index (χ1n) is 19.0. The maximum atomic E-state index is 12.6. The monoisotopic (exact) mass is 617 g/mol. The van der Waals surface area contributed by atoms with Crippen molar-refractivity contribution in [2.45, 2.75) is 206 Å². The van der Waals surface area contributed by atoms with Crippen LogP contribution < -0.4 is 0 Å². The maximum absolute atomic E-state index is 12.6. The van der Waals surface area contributed by atoms with Crippen molar-refractivity contribution in [1.82, 2.24) is 0 Å². The predicted molar refractivity (Wildman–Crippen MR) is 190 cm³/mol. The van der Waals surface area contributed by atoms with Crippen LogP contribution in [0.5, 0.6) is 0 Å². The fraction of sp³-hybridized carbons (Fsp3) is 0.800. The average molecular weight is 617 g/mol. The Morgan fingerprint density at radius 3 is 1.50 bits per heavy atom. The molecule has 0 aromatic heterocycles. The summed E-state index contributed by atoms with van der Waals surface area (Å²) < 4.78 is 5.88. The smallest absolute Gasteiger partial charge is 0.306 e. The third-order valence-electron chi connectivity index (χ3n) is 8.35. The van der Waals surface area contributed by atoms with Crippen molar-refractivity contribution in [1.29, 1.82) is 0 Å². The summed E-state index contributed by atoms with van der Waals surface area (Å²) in [7, 11) is 0. The molecule has 0 fully saturated rings. The second kappa shape index (κ2) is 35.6. The zero-order chi connectivity index (χ0) is 32.2. The van der Waals surface area contributed by atoms with Gasteiger partial charge in [0.1, 0.15) is 6.10 Å². The first-order valence-corrected chi connectivity index (χ1v) is 19.0. The molecule has 0 aromatic carbocycles. The summed E-state index contributed by atoms with van der Waals surface area (Å²) in [5.74, 6) is -0.784. The molecule has 0 radical (unpaired) electrons. The number of carboxylic acid groups (broad SMARTS) is 1. The highest BCUT2D eigenvalue weighted by Crippen LogP contribution is 2.16. The number of hydrogen-bond donors (Lipinski definition) is 1. The molecule has 4 heteroatoms.